The number of nitrogens with zero attached hydrogens (tertiary/aromatic N) is 1. The number of fused-ring (bicyclic) bond motifs is 1. The zero-order chi connectivity index (χ0) is 11.8. The molecule has 6 nitrogen and oxygen atoms in total. The number of ether oxygens (including phenoxy) is 2. The molecule has 2 aromatic rings. The predicted molar refractivity (Wildman–Crippen MR) is 60.8 cm³/mol. The molecule has 6 heteroatoms. The van der Waals surface area contributed by atoms with Gasteiger partial charge in [0, 0.05) is 5.56 Å². The third-order valence-corrected chi connectivity index (χ3v) is 2.54. The van der Waals surface area contributed by atoms with Crippen LogP contribution in [0.2, 0.25) is 0 Å². The fourth-order valence-corrected chi connectivity index (χ4v) is 1.74. The molecule has 0 saturated carbocycles. The summed E-state index contributed by atoms with van der Waals surface area (Å²) in [6.45, 7) is 0.162. The van der Waals surface area contributed by atoms with Crippen molar-refractivity contribution in [1.29, 1.82) is 0 Å². The van der Waals surface area contributed by atoms with Crippen LogP contribution in [-0.4, -0.2) is 16.8 Å². The smallest absolute Gasteiger partial charge is 0.274 e. The summed E-state index contributed by atoms with van der Waals surface area (Å²) in [6.07, 6.45) is 1.31. The third kappa shape index (κ3) is 1.42. The van der Waals surface area contributed by atoms with Crippen molar-refractivity contribution < 1.29 is 9.47 Å². The molecule has 0 bridgehead atoms. The lowest BCUT2D eigenvalue weighted by molar-refractivity contribution is 0.174. The second-order valence-corrected chi connectivity index (χ2v) is 3.53. The molecule has 0 radical (unpaired) electrons. The minimum absolute atomic E-state index is 0.0661. The third-order valence-electron chi connectivity index (χ3n) is 2.54. The van der Waals surface area contributed by atoms with Gasteiger partial charge in [-0.05, 0) is 12.1 Å². The highest BCUT2D eigenvalue weighted by Gasteiger charge is 2.20. The maximum absolute atomic E-state index is 11.4. The second kappa shape index (κ2) is 3.51. The first-order valence-electron chi connectivity index (χ1n) is 4.99. The quantitative estimate of drug-likeness (QED) is 0.755. The summed E-state index contributed by atoms with van der Waals surface area (Å²) in [7, 11) is 0. The normalized spacial score (nSPS) is 12.7. The number of aromatic nitrogens is 2. The van der Waals surface area contributed by atoms with Gasteiger partial charge in [0.25, 0.3) is 5.56 Å². The summed E-state index contributed by atoms with van der Waals surface area (Å²) < 4.78 is 10.6. The van der Waals surface area contributed by atoms with Gasteiger partial charge in [0.2, 0.25) is 6.79 Å². The van der Waals surface area contributed by atoms with Gasteiger partial charge in [0.05, 0.1) is 6.33 Å². The zero-order valence-corrected chi connectivity index (χ0v) is 8.77. The summed E-state index contributed by atoms with van der Waals surface area (Å²) in [6, 6.07) is 5.37. The van der Waals surface area contributed by atoms with Crippen LogP contribution < -0.4 is 20.8 Å². The Morgan fingerprint density at radius 1 is 1.35 bits per heavy atom. The summed E-state index contributed by atoms with van der Waals surface area (Å²) in [5.74, 6) is 1.20. The van der Waals surface area contributed by atoms with E-state index in [1.54, 1.807) is 18.2 Å². The van der Waals surface area contributed by atoms with Crippen LogP contribution in [0.25, 0.3) is 11.3 Å². The van der Waals surface area contributed by atoms with Gasteiger partial charge < -0.3 is 20.2 Å². The summed E-state index contributed by atoms with van der Waals surface area (Å²) in [4.78, 5) is 17.9. The van der Waals surface area contributed by atoms with Crippen LogP contribution in [0.3, 0.4) is 0 Å². The van der Waals surface area contributed by atoms with Crippen LogP contribution in [0.5, 0.6) is 11.5 Å². The number of rotatable bonds is 1. The molecule has 17 heavy (non-hydrogen) atoms. The van der Waals surface area contributed by atoms with Crippen LogP contribution in [0.1, 0.15) is 0 Å². The zero-order valence-electron chi connectivity index (χ0n) is 8.77. The Kier molecular flexibility index (Phi) is 2.01. The van der Waals surface area contributed by atoms with Crippen molar-refractivity contribution in [3.63, 3.8) is 0 Å². The number of aromatic amines is 1. The van der Waals surface area contributed by atoms with Crippen LogP contribution in [0.4, 0.5) is 5.69 Å². The van der Waals surface area contributed by atoms with Crippen LogP contribution >= 0.6 is 0 Å². The van der Waals surface area contributed by atoms with Gasteiger partial charge in [0.1, 0.15) is 11.4 Å². The Hall–Kier alpha value is -2.50. The maximum Gasteiger partial charge on any atom is 0.274 e. The SMILES string of the molecule is Nc1c(-c2cccc3c2OCO3)nc[nH]c1=O. The lowest BCUT2D eigenvalue weighted by Crippen LogP contribution is -2.13. The van der Waals surface area contributed by atoms with E-state index in [1.165, 1.54) is 6.33 Å². The fourth-order valence-electron chi connectivity index (χ4n) is 1.74. The summed E-state index contributed by atoms with van der Waals surface area (Å²) in [5, 5.41) is 0. The van der Waals surface area contributed by atoms with Gasteiger partial charge in [-0.3, -0.25) is 4.79 Å². The van der Waals surface area contributed by atoms with Crippen molar-refractivity contribution in [1.82, 2.24) is 9.97 Å². The van der Waals surface area contributed by atoms with Gasteiger partial charge in [0.15, 0.2) is 11.5 Å². The van der Waals surface area contributed by atoms with E-state index in [2.05, 4.69) is 9.97 Å². The molecule has 86 valence electrons. The summed E-state index contributed by atoms with van der Waals surface area (Å²) in [5.41, 5.74) is 6.46. The minimum Gasteiger partial charge on any atom is -0.454 e. The average molecular weight is 231 g/mol. The highest BCUT2D eigenvalue weighted by atomic mass is 16.7. The average Bonchev–Trinajstić information content (AvgIpc) is 2.81. The number of H-pyrrole nitrogens is 1. The lowest BCUT2D eigenvalue weighted by Gasteiger charge is -2.06. The van der Waals surface area contributed by atoms with Crippen LogP contribution in [0.15, 0.2) is 29.3 Å². The minimum atomic E-state index is -0.369. The Labute approximate surface area is 96.0 Å². The molecule has 3 rings (SSSR count). The van der Waals surface area contributed by atoms with Crippen molar-refractivity contribution in [3.05, 3.63) is 34.9 Å². The molecule has 0 spiro atoms. The van der Waals surface area contributed by atoms with Gasteiger partial charge in [-0.15, -0.1) is 0 Å². The standard InChI is InChI=1S/C11H9N3O3/c12-8-9(13-4-14-11(8)15)6-2-1-3-7-10(6)17-5-16-7/h1-4H,5,12H2,(H,13,14,15). The number of hydrogen-bond acceptors (Lipinski definition) is 5. The molecule has 1 aliphatic heterocycles. The molecular formula is C11H9N3O3. The molecule has 0 atom stereocenters. The van der Waals surface area contributed by atoms with E-state index < -0.39 is 0 Å². The molecule has 0 aliphatic carbocycles. The van der Waals surface area contributed by atoms with Crippen molar-refractivity contribution in [2.45, 2.75) is 0 Å². The highest BCUT2D eigenvalue weighted by Crippen LogP contribution is 2.41. The van der Waals surface area contributed by atoms with Crippen molar-refractivity contribution in [2.24, 2.45) is 0 Å². The van der Waals surface area contributed by atoms with E-state index in [0.29, 0.717) is 22.8 Å². The lowest BCUT2D eigenvalue weighted by atomic mass is 10.1. The number of para-hydroxylation sites is 1. The molecule has 2 heterocycles. The number of nitrogen functional groups attached to an aromatic ring is 1. The van der Waals surface area contributed by atoms with Crippen LogP contribution in [0, 0.1) is 0 Å². The summed E-state index contributed by atoms with van der Waals surface area (Å²) >= 11 is 0. The molecule has 1 aliphatic rings. The highest BCUT2D eigenvalue weighted by molar-refractivity contribution is 5.78. The Bertz CT molecular complexity index is 636. The molecule has 0 saturated heterocycles. The van der Waals surface area contributed by atoms with E-state index in [0.717, 1.165) is 0 Å². The molecule has 0 fully saturated rings. The number of nitrogens with two attached hydrogens (primary N) is 1. The van der Waals surface area contributed by atoms with E-state index >= 15 is 0 Å². The molecule has 1 aromatic heterocycles. The first-order chi connectivity index (χ1) is 8.27. The second-order valence-electron chi connectivity index (χ2n) is 3.53. The Balaban J connectivity index is 2.26. The molecule has 3 N–H and O–H groups in total. The predicted octanol–water partition coefficient (Wildman–Crippen LogP) is 0.748. The van der Waals surface area contributed by atoms with Crippen molar-refractivity contribution >= 4 is 5.69 Å². The first kappa shape index (κ1) is 9.71. The first-order valence-corrected chi connectivity index (χ1v) is 4.99. The van der Waals surface area contributed by atoms with Gasteiger partial charge in [-0.1, -0.05) is 6.07 Å². The monoisotopic (exact) mass is 231 g/mol. The molecule has 0 amide bonds. The van der Waals surface area contributed by atoms with Crippen LogP contribution in [-0.2, 0) is 0 Å². The van der Waals surface area contributed by atoms with E-state index in [1.807, 2.05) is 0 Å². The molecular weight excluding hydrogens is 222 g/mol. The van der Waals surface area contributed by atoms with Gasteiger partial charge >= 0.3 is 0 Å². The van der Waals surface area contributed by atoms with E-state index in [-0.39, 0.29) is 18.0 Å². The van der Waals surface area contributed by atoms with Crippen molar-refractivity contribution in [3.8, 4) is 22.8 Å². The number of benzene rings is 1. The van der Waals surface area contributed by atoms with Gasteiger partial charge in [-0.25, -0.2) is 4.98 Å². The van der Waals surface area contributed by atoms with Gasteiger partial charge in [-0.2, -0.15) is 0 Å². The maximum atomic E-state index is 11.4. The molecule has 0 unspecified atom stereocenters. The molecule has 1 aromatic carbocycles. The Morgan fingerprint density at radius 3 is 3.12 bits per heavy atom. The number of nitrogens with one attached hydrogen (secondary N) is 1. The fraction of sp³-hybridized carbons (Fsp3) is 0.0909. The van der Waals surface area contributed by atoms with E-state index in [9.17, 15) is 4.79 Å². The largest absolute Gasteiger partial charge is 0.454 e. The van der Waals surface area contributed by atoms with E-state index in [4.69, 9.17) is 15.2 Å². The topological polar surface area (TPSA) is 90.2 Å². The number of hydrogen-bond donors (Lipinski definition) is 2. The number of anilines is 1. The van der Waals surface area contributed by atoms with Crippen molar-refractivity contribution in [2.75, 3.05) is 12.5 Å². The Morgan fingerprint density at radius 2 is 2.24 bits per heavy atom.